The van der Waals surface area contributed by atoms with Crippen LogP contribution in [-0.4, -0.2) is 85.0 Å². The molecule has 0 aliphatic carbocycles. The lowest BCUT2D eigenvalue weighted by Crippen LogP contribution is -2.42. The minimum absolute atomic E-state index is 0.209. The molecule has 10 atom stereocenters. The Morgan fingerprint density at radius 3 is 0.930 bits per heavy atom. The van der Waals surface area contributed by atoms with Gasteiger partial charge in [0.05, 0.1) is 68.0 Å². The summed E-state index contributed by atoms with van der Waals surface area (Å²) in [4.78, 5) is 24.2. The number of furan rings is 3. The van der Waals surface area contributed by atoms with Crippen molar-refractivity contribution in [3.05, 3.63) is 337 Å². The van der Waals surface area contributed by atoms with Gasteiger partial charge in [-0.05, 0) is 256 Å². The van der Waals surface area contributed by atoms with Gasteiger partial charge >= 0.3 is 0 Å². The second-order valence-electron chi connectivity index (χ2n) is 34.2. The lowest BCUT2D eigenvalue weighted by Gasteiger charge is -2.33. The maximum atomic E-state index is 8.81. The lowest BCUT2D eigenvalue weighted by atomic mass is 10.1. The first-order valence-electron chi connectivity index (χ1n) is 52.4. The van der Waals surface area contributed by atoms with Crippen molar-refractivity contribution in [2.75, 3.05) is 63.1 Å². The molecule has 16 aromatic rings. The molecule has 0 radical (unpaired) electrons. The summed E-state index contributed by atoms with van der Waals surface area (Å²) in [6.07, 6.45) is 6.43. The molecular weight excluding hydrogens is 1590 g/mol. The molecule has 4 unspecified atom stereocenters. The number of aryl methyl sites for hydroxylation is 6. The van der Waals surface area contributed by atoms with Crippen molar-refractivity contribution in [2.45, 2.75) is 199 Å². The predicted octanol–water partition coefficient (Wildman–Crippen LogP) is 29.7. The molecule has 660 valence electrons. The zero-order valence-electron chi connectivity index (χ0n) is 92.9. The molecule has 15 heteroatoms. The van der Waals surface area contributed by atoms with E-state index in [1.54, 1.807) is 32.0 Å². The Morgan fingerprint density at radius 2 is 0.527 bits per heavy atom. The topological polar surface area (TPSA) is 78.3 Å². The molecule has 22 rings (SSSR count). The average molecular weight is 1730 g/mol. The van der Waals surface area contributed by atoms with Crippen molar-refractivity contribution in [2.24, 2.45) is 0 Å². The Bertz CT molecular complexity index is 7570. The van der Waals surface area contributed by atoms with Crippen molar-refractivity contribution >= 4 is 145 Å². The van der Waals surface area contributed by atoms with Gasteiger partial charge in [0.2, 0.25) is 0 Å². The SMILES string of the molecule is Cc1ccc2c(oc3ccccc32)c1N1c2ccccc2N(C)[C@H]1C.Cc1ccccc1N1c2ccccc2N(C)[C@H]1C.[2H]C([2H])([2H])C([2H])(C)N1C=CN(c2c(C)ccc3c2oc2ccccc23)[C@@H]1C.[2H]C([2H])([2H])C([2H])(C)N1C=CN(c2ccccc2C)[C@@H]1C.[2H]C([2H])([2H])C([2H])(C)N1c2ccccc2N(c2c(C)ccc3c2oc2ccccc23)[C@@H]1C.[2H]C([2H])([2H])C([2H])(C)N1c2ccccc2N(c2ccccc2C)[C@@H]1C. The van der Waals surface area contributed by atoms with E-state index in [0.29, 0.717) is 6.17 Å². The van der Waals surface area contributed by atoms with E-state index < -0.39 is 57.6 Å². The van der Waals surface area contributed by atoms with Gasteiger partial charge in [0.25, 0.3) is 0 Å². The number of hydrogen-bond acceptors (Lipinski definition) is 15. The van der Waals surface area contributed by atoms with Gasteiger partial charge < -0.3 is 72.1 Å². The van der Waals surface area contributed by atoms with Crippen molar-refractivity contribution in [3.8, 4) is 0 Å². The van der Waals surface area contributed by atoms with Crippen LogP contribution in [0.15, 0.2) is 317 Å². The second-order valence-corrected chi connectivity index (χ2v) is 34.2. The van der Waals surface area contributed by atoms with Crippen LogP contribution in [0.1, 0.15) is 152 Å². The highest BCUT2D eigenvalue weighted by Gasteiger charge is 2.41. The molecule has 6 aliphatic heterocycles. The van der Waals surface area contributed by atoms with Crippen molar-refractivity contribution in [3.63, 3.8) is 0 Å². The molecule has 0 N–H and O–H groups in total. The molecule has 0 amide bonds. The summed E-state index contributed by atoms with van der Waals surface area (Å²) < 4.78 is 146. The van der Waals surface area contributed by atoms with Crippen LogP contribution >= 0.6 is 0 Å². The van der Waals surface area contributed by atoms with E-state index in [2.05, 4.69) is 186 Å². The maximum absolute atomic E-state index is 8.81. The van der Waals surface area contributed by atoms with Gasteiger partial charge in [-0.25, -0.2) is 0 Å². The third kappa shape index (κ3) is 15.9. The van der Waals surface area contributed by atoms with Crippen LogP contribution in [0.4, 0.5) is 79.6 Å². The summed E-state index contributed by atoms with van der Waals surface area (Å²) in [7, 11) is 4.30. The van der Waals surface area contributed by atoms with E-state index in [-0.39, 0.29) is 24.7 Å². The van der Waals surface area contributed by atoms with Crippen LogP contribution in [0, 0.1) is 41.5 Å². The van der Waals surface area contributed by atoms with Crippen LogP contribution in [0.25, 0.3) is 65.8 Å². The molecule has 0 saturated carbocycles. The molecule has 0 fully saturated rings. The third-order valence-corrected chi connectivity index (χ3v) is 26.1. The van der Waals surface area contributed by atoms with Crippen molar-refractivity contribution < 1.29 is 35.2 Å². The monoisotopic (exact) mass is 1730 g/mol. The number of nitrogens with zero attached hydrogens (tertiary/aromatic N) is 12. The van der Waals surface area contributed by atoms with Crippen LogP contribution in [0.3, 0.4) is 0 Å². The number of hydrogen-bond donors (Lipinski definition) is 0. The second kappa shape index (κ2) is 36.2. The summed E-state index contributed by atoms with van der Waals surface area (Å²) in [5.41, 5.74) is 26.6. The Hall–Kier alpha value is -13.7. The van der Waals surface area contributed by atoms with Crippen LogP contribution in [0.5, 0.6) is 0 Å². The first kappa shape index (κ1) is 69.5. The van der Waals surface area contributed by atoms with Gasteiger partial charge in [0.1, 0.15) is 53.7 Å². The van der Waals surface area contributed by atoms with Gasteiger partial charge in [-0.3, -0.25) is 0 Å². The molecule has 3 aromatic heterocycles. The standard InChI is InChI=1S/C24H24N2O.C22H20N2O.C20H22N2O.C18H22N2.C16H18N2.C14H20N2/c1-15(2)25-17(4)26(21-11-7-6-10-20(21)25)23-16(3)13-14-19-18-9-5-8-12-22(18)27-24(19)23;1-14-12-13-17-16-8-4-7-11-20(16)25-22(17)21(14)24-15(2)23(3)18-9-5-6-10-19(18)24;1-13(2)21-11-12-22(15(21)4)19-14(3)9-10-17-16-7-5-6-8-18(16)23-20(17)19;1-13(2)19-15(4)20(16-10-6-5-9-14(16)3)18-12-8-7-11-17(18)19;1-12-8-4-5-9-14(12)18-13(2)17(3)15-10-6-7-11-16(15)18;1-11(2)15-9-10-16(13(15)4)14-8-6-5-7-12(14)3/h5-15,17H,1-4H3;4-13,15H,1-3H3;5-13,15H,1-4H3;5-13,15H,1-4H3;4-11,13H,1-3H3;5-11,13H,1-4H3/t17-;3*15-;2*13-/m111111/s1/i1D3,15D;;2*1D3,13D;;1D3,11D/t15?,17-;;2*13?,15-;;11?,13-. The van der Waals surface area contributed by atoms with Crippen LogP contribution in [0.2, 0.25) is 0 Å². The van der Waals surface area contributed by atoms with Gasteiger partial charge in [-0.15, -0.1) is 0 Å². The number of fused-ring (bicyclic) bond motifs is 13. The molecule has 129 heavy (non-hydrogen) atoms. The molecule has 0 spiro atoms. The van der Waals surface area contributed by atoms with Crippen molar-refractivity contribution in [1.29, 1.82) is 0 Å². The molecule has 0 bridgehead atoms. The molecule has 9 heterocycles. The molecule has 0 saturated heterocycles. The van der Waals surface area contributed by atoms with E-state index in [0.717, 1.165) is 128 Å². The van der Waals surface area contributed by atoms with Gasteiger partial charge in [0, 0.05) is 129 Å². The van der Waals surface area contributed by atoms with E-state index in [9.17, 15) is 0 Å². The van der Waals surface area contributed by atoms with E-state index in [1.807, 2.05) is 241 Å². The fourth-order valence-corrected chi connectivity index (χ4v) is 19.5. The smallest absolute Gasteiger partial charge is 0.159 e. The fraction of sp³-hybridized carbons (Fsp3) is 0.281. The highest BCUT2D eigenvalue weighted by atomic mass is 16.3. The number of rotatable bonds is 10. The average Bonchev–Trinajstić information content (AvgIpc) is 1.57. The van der Waals surface area contributed by atoms with Gasteiger partial charge in [-0.1, -0.05) is 194 Å². The van der Waals surface area contributed by atoms with Crippen LogP contribution in [-0.2, 0) is 0 Å². The fourth-order valence-electron chi connectivity index (χ4n) is 19.5. The Labute approximate surface area is 786 Å². The first-order chi connectivity index (χ1) is 68.4. The highest BCUT2D eigenvalue weighted by Crippen LogP contribution is 2.53. The molecule has 6 aliphatic rings. The molecule has 13 aromatic carbocycles. The Morgan fingerprint density at radius 1 is 0.248 bits per heavy atom. The normalized spacial score (nSPS) is 21.8. The van der Waals surface area contributed by atoms with Gasteiger partial charge in [-0.2, -0.15) is 0 Å². The quantitative estimate of drug-likeness (QED) is 0.130. The van der Waals surface area contributed by atoms with Crippen molar-refractivity contribution in [1.82, 2.24) is 9.80 Å². The highest BCUT2D eigenvalue weighted by molar-refractivity contribution is 6.13. The zero-order chi connectivity index (χ0) is 104. The third-order valence-electron chi connectivity index (χ3n) is 26.1. The zero-order valence-corrected chi connectivity index (χ0v) is 76.9. The Kier molecular flexibility index (Phi) is 19.5. The minimum atomic E-state index is -2.48. The molecule has 15 nitrogen and oxygen atoms in total. The Balaban J connectivity index is 0.000000120. The molecular formula is C114H126N12O3. The predicted molar refractivity (Wildman–Crippen MR) is 549 cm³/mol. The summed E-state index contributed by atoms with van der Waals surface area (Å²) in [6.45, 7) is 20.7. The van der Waals surface area contributed by atoms with E-state index in [4.69, 9.17) is 35.2 Å². The van der Waals surface area contributed by atoms with Gasteiger partial charge in [0.15, 0.2) is 16.7 Å². The lowest BCUT2D eigenvalue weighted by molar-refractivity contribution is 0.263. The van der Waals surface area contributed by atoms with Crippen LogP contribution < -0.4 is 49.0 Å². The minimum Gasteiger partial charge on any atom is -0.454 e. The summed E-state index contributed by atoms with van der Waals surface area (Å²) in [6, 6.07) is 86.9. The summed E-state index contributed by atoms with van der Waals surface area (Å²) >= 11 is 0. The summed E-state index contributed by atoms with van der Waals surface area (Å²) in [5.74, 6) is 0. The largest absolute Gasteiger partial charge is 0.454 e. The first-order valence-corrected chi connectivity index (χ1v) is 44.4. The van der Waals surface area contributed by atoms with E-state index >= 15 is 0 Å². The summed E-state index contributed by atoms with van der Waals surface area (Å²) in [5, 5.41) is 6.49. The number of para-hydroxylation sites is 14. The number of anilines is 14. The number of benzene rings is 13. The van der Waals surface area contributed by atoms with E-state index in [1.165, 1.54) is 78.0 Å². The maximum Gasteiger partial charge on any atom is 0.159 e.